The van der Waals surface area contributed by atoms with Crippen molar-refractivity contribution in [2.75, 3.05) is 6.61 Å². The number of hydrogen-bond acceptors (Lipinski definition) is 11. The van der Waals surface area contributed by atoms with Crippen LogP contribution in [0.2, 0.25) is 0 Å². The molecule has 0 radical (unpaired) electrons. The molecule has 29 heavy (non-hydrogen) atoms. The second-order valence-electron chi connectivity index (χ2n) is 3.68. The van der Waals surface area contributed by atoms with Gasteiger partial charge in [-0.15, -0.1) is 0 Å². The molecule has 12 nitrogen and oxygen atoms in total. The van der Waals surface area contributed by atoms with Gasteiger partial charge in [-0.25, -0.2) is 0 Å². The maximum Gasteiger partial charge on any atom is 2.00 e. The van der Waals surface area contributed by atoms with E-state index in [0.717, 1.165) is 6.92 Å². The number of aliphatic hydroxyl groups excluding tert-OH is 5. The van der Waals surface area contributed by atoms with E-state index in [1.807, 2.05) is 0 Å². The molecule has 0 aromatic heterocycles. The number of halogens is 3. The molecule has 1 rings (SSSR count). The van der Waals surface area contributed by atoms with E-state index in [4.69, 9.17) is 54.7 Å². The number of carboxylic acid groups (broad SMARTS) is 1. The van der Waals surface area contributed by atoms with E-state index in [9.17, 15) is 0 Å². The smallest absolute Gasteiger partial charge is 1.00 e. The molecule has 0 aromatic carbocycles. The van der Waals surface area contributed by atoms with Crippen molar-refractivity contribution in [2.24, 2.45) is 0 Å². The summed E-state index contributed by atoms with van der Waals surface area (Å²) in [5.41, 5.74) is 0. The largest absolute Gasteiger partial charge is 2.00 e. The van der Waals surface area contributed by atoms with E-state index in [-0.39, 0.29) is 244 Å². The molecule has 1 aliphatic heterocycles. The molecule has 5 atom stereocenters. The Labute approximate surface area is 352 Å². The summed E-state index contributed by atoms with van der Waals surface area (Å²) in [6.45, 7) is 0.446. The fourth-order valence-electron chi connectivity index (χ4n) is 1.08. The summed E-state index contributed by atoms with van der Waals surface area (Å²) in [4.78, 5) is 33.2. The topological polar surface area (TPSA) is 234 Å². The van der Waals surface area contributed by atoms with Crippen molar-refractivity contribution >= 4 is 36.8 Å². The van der Waals surface area contributed by atoms with Crippen molar-refractivity contribution in [2.45, 2.75) is 37.6 Å². The molecule has 0 aliphatic carbocycles. The maximum absolute atomic E-state index is 9.12. The molecule has 0 saturated carbocycles. The number of aliphatic hydroxyl groups is 5. The molecule has 6 N–H and O–H groups in total. The summed E-state index contributed by atoms with van der Waals surface area (Å²) in [6.07, 6.45) is -7.04. The van der Waals surface area contributed by atoms with Crippen molar-refractivity contribution < 1.29 is 280 Å². The van der Waals surface area contributed by atoms with Crippen molar-refractivity contribution in [3.05, 3.63) is 0 Å². The van der Waals surface area contributed by atoms with Crippen LogP contribution in [0.3, 0.4) is 0 Å². The fraction of sp³-hybridized carbons (Fsp3) is 0.875. The van der Waals surface area contributed by atoms with E-state index in [2.05, 4.69) is 4.74 Å². The number of hydrogen-bond donors (Lipinski definition) is 6. The fourth-order valence-corrected chi connectivity index (χ4v) is 1.08. The third-order valence-electron chi connectivity index (χ3n) is 1.87. The van der Waals surface area contributed by atoms with Gasteiger partial charge in [0, 0.05) is 5.97 Å². The number of aliphatic carboxylic acids is 1. The van der Waals surface area contributed by atoms with Gasteiger partial charge in [0.25, 0.3) is 0 Å². The summed E-state index contributed by atoms with van der Waals surface area (Å²) >= 11 is 0. The zero-order chi connectivity index (χ0) is 17.4. The van der Waals surface area contributed by atoms with Gasteiger partial charge < -0.3 is 96.6 Å². The van der Waals surface area contributed by atoms with Crippen LogP contribution >= 0.6 is 7.82 Å². The normalized spacial score (nSPS) is 23.3. The van der Waals surface area contributed by atoms with Gasteiger partial charge in [0.2, 0.25) is 0 Å². The van der Waals surface area contributed by atoms with E-state index >= 15 is 0 Å². The van der Waals surface area contributed by atoms with Gasteiger partial charge in [0.1, 0.15) is 24.4 Å². The summed E-state index contributed by atoms with van der Waals surface area (Å²) in [5.74, 6) is -1.08. The molecular weight excluding hydrogens is 590 g/mol. The predicted molar refractivity (Wildman–Crippen MR) is 62.2 cm³/mol. The van der Waals surface area contributed by atoms with E-state index < -0.39 is 51.1 Å². The van der Waals surface area contributed by atoms with Crippen molar-refractivity contribution in [1.29, 1.82) is 0 Å². The van der Waals surface area contributed by atoms with Crippen LogP contribution in [0, 0.1) is 0 Å². The number of carboxylic acids is 1. The zero-order valence-electron chi connectivity index (χ0n) is 16.5. The third kappa shape index (κ3) is 45.2. The van der Waals surface area contributed by atoms with E-state index in [1.54, 1.807) is 0 Å². The molecule has 1 heterocycles. The van der Waals surface area contributed by atoms with Gasteiger partial charge in [-0.05, 0) is 6.92 Å². The molecular formula is C8H16Cl3K3MgNaO12P. The molecule has 1 saturated heterocycles. The van der Waals surface area contributed by atoms with Crippen molar-refractivity contribution in [3.63, 3.8) is 0 Å². The molecule has 0 aromatic rings. The van der Waals surface area contributed by atoms with Gasteiger partial charge in [0.05, 0.1) is 14.4 Å². The minimum atomic E-state index is -5.14. The third-order valence-corrected chi connectivity index (χ3v) is 1.87. The van der Waals surface area contributed by atoms with E-state index in [1.165, 1.54) is 0 Å². The van der Waals surface area contributed by atoms with Gasteiger partial charge in [-0.1, -0.05) is 0 Å². The van der Waals surface area contributed by atoms with Crippen LogP contribution in [0.25, 0.3) is 0 Å². The molecule has 152 valence electrons. The number of carbonyl (C=O) groups is 1. The number of carbonyl (C=O) groups excluding carboxylic acids is 1. The Kier molecular flexibility index (Phi) is 83.2. The molecule has 1 aliphatic rings. The van der Waals surface area contributed by atoms with Crippen molar-refractivity contribution in [3.8, 4) is 0 Å². The quantitative estimate of drug-likeness (QED) is 0.121. The zero-order valence-corrected chi connectivity index (χ0v) is 32.5. The number of rotatable bonds is 1. The maximum atomic E-state index is 9.12. The summed E-state index contributed by atoms with van der Waals surface area (Å²) in [7, 11) is -5.14. The summed E-state index contributed by atoms with van der Waals surface area (Å²) in [5, 5.41) is 53.5. The standard InChI is InChI=1S/C6H12O6.C2H4O2.3ClH.3K.Mg.Na.H3O4P/c7-1-2-3(8)4(9)5(10)6(11)12-2;1-2(3)4;;;;;;;;;1-5(2,3)4/h2-11H,1H2;1H3,(H,3,4);3*1H;;;;;;(H3,1,2,3,4)/q;;;;;3*+1;+2;+1;/p-6. The molecule has 21 heteroatoms. The Hall–Kier alpha value is 6.89. The SMILES string of the molecule is CC(=O)[O-].O=P([O-])([O-])O.OCC1OC(O)C(O)C(O)C1O.[Cl-].[Cl-].[Cl-].[K+].[K+].[K+].[Mg+2].[Na+]. The molecule has 1 fully saturated rings. The average molecular weight is 606 g/mol. The van der Waals surface area contributed by atoms with Gasteiger partial charge in [-0.2, -0.15) is 0 Å². The van der Waals surface area contributed by atoms with Crippen LogP contribution in [0.5, 0.6) is 0 Å². The van der Waals surface area contributed by atoms with Crippen LogP contribution in [0.1, 0.15) is 6.92 Å². The first-order chi connectivity index (χ1) is 9.31. The monoisotopic (exact) mass is 604 g/mol. The van der Waals surface area contributed by atoms with Crippen molar-refractivity contribution in [1.82, 2.24) is 0 Å². The van der Waals surface area contributed by atoms with Crippen LogP contribution in [-0.2, 0) is 14.1 Å². The van der Waals surface area contributed by atoms with Gasteiger partial charge in [-0.3, -0.25) is 0 Å². The summed E-state index contributed by atoms with van der Waals surface area (Å²) < 4.78 is 13.2. The van der Waals surface area contributed by atoms with E-state index in [0.29, 0.717) is 0 Å². The predicted octanol–water partition coefficient (Wildman–Crippen LogP) is -28.0. The van der Waals surface area contributed by atoms with Crippen LogP contribution in [0.15, 0.2) is 0 Å². The Morgan fingerprint density at radius 3 is 1.41 bits per heavy atom. The van der Waals surface area contributed by atoms with Crippen LogP contribution in [0.4, 0.5) is 0 Å². The Morgan fingerprint density at radius 2 is 1.21 bits per heavy atom. The molecule has 0 bridgehead atoms. The van der Waals surface area contributed by atoms with Gasteiger partial charge in [0.15, 0.2) is 6.29 Å². The van der Waals surface area contributed by atoms with Crippen LogP contribution in [-0.4, -0.2) is 96.8 Å². The first-order valence-corrected chi connectivity index (χ1v) is 6.71. The number of ether oxygens (including phenoxy) is 1. The second kappa shape index (κ2) is 37.0. The summed E-state index contributed by atoms with van der Waals surface area (Å²) in [6, 6.07) is 0. The minimum absolute atomic E-state index is 0. The number of phosphoric acid groups is 1. The Bertz CT molecular complexity index is 364. The van der Waals surface area contributed by atoms with Gasteiger partial charge >= 0.3 is 207 Å². The Balaban J connectivity index is -0.0000000236. The molecule has 5 unspecified atom stereocenters. The van der Waals surface area contributed by atoms with Crippen LogP contribution < -0.4 is 236 Å². The molecule has 0 amide bonds. The average Bonchev–Trinajstić information content (AvgIpc) is 2.28. The Morgan fingerprint density at radius 1 is 0.966 bits per heavy atom. The first-order valence-electron chi connectivity index (χ1n) is 5.22. The minimum Gasteiger partial charge on any atom is -1.00 e. The second-order valence-corrected chi connectivity index (χ2v) is 4.62. The molecule has 0 spiro atoms. The first kappa shape index (κ1) is 65.2.